The third-order valence-electron chi connectivity index (χ3n) is 9.92. The third-order valence-corrected chi connectivity index (χ3v) is 9.92. The van der Waals surface area contributed by atoms with Crippen LogP contribution in [-0.2, 0) is 5.41 Å². The zero-order valence-corrected chi connectivity index (χ0v) is 29.4. The van der Waals surface area contributed by atoms with E-state index in [0.717, 1.165) is 54.6 Å². The smallest absolute Gasteiger partial charge is 0.119 e. The molecule has 0 bridgehead atoms. The topological polar surface area (TPSA) is 21.7 Å². The van der Waals surface area contributed by atoms with Crippen molar-refractivity contribution in [1.82, 2.24) is 0 Å². The molecule has 3 nitrogen and oxygen atoms in total. The fourth-order valence-electron chi connectivity index (χ4n) is 7.48. The highest BCUT2D eigenvalue weighted by atomic mass is 16.5. The Morgan fingerprint density at radius 2 is 0.920 bits per heavy atom. The number of hydrogen-bond acceptors (Lipinski definition) is 3. The first-order valence-corrected chi connectivity index (χ1v) is 18.4. The van der Waals surface area contributed by atoms with E-state index in [-0.39, 0.29) is 0 Å². The minimum atomic E-state index is -0.553. The molecule has 50 heavy (non-hydrogen) atoms. The molecule has 0 saturated heterocycles. The summed E-state index contributed by atoms with van der Waals surface area (Å²) < 4.78 is 12.4. The van der Waals surface area contributed by atoms with Gasteiger partial charge in [-0.25, -0.2) is 0 Å². The fraction of sp³-hybridized carbons (Fsp3) is 0.234. The van der Waals surface area contributed by atoms with Crippen LogP contribution < -0.4 is 14.4 Å². The van der Waals surface area contributed by atoms with Crippen molar-refractivity contribution in [3.63, 3.8) is 0 Å². The van der Waals surface area contributed by atoms with Gasteiger partial charge in [0.05, 0.1) is 18.6 Å². The molecule has 6 aromatic carbocycles. The molecule has 1 aliphatic rings. The van der Waals surface area contributed by atoms with E-state index in [2.05, 4.69) is 170 Å². The second-order valence-electron chi connectivity index (χ2n) is 13.2. The van der Waals surface area contributed by atoms with Gasteiger partial charge in [0.15, 0.2) is 0 Å². The van der Waals surface area contributed by atoms with E-state index in [1.54, 1.807) is 0 Å². The van der Waals surface area contributed by atoms with Gasteiger partial charge in [-0.05, 0) is 107 Å². The highest BCUT2D eigenvalue weighted by molar-refractivity contribution is 5.89. The molecule has 0 unspecified atom stereocenters. The van der Waals surface area contributed by atoms with Gasteiger partial charge in [0, 0.05) is 17.1 Å². The minimum Gasteiger partial charge on any atom is -0.494 e. The summed E-state index contributed by atoms with van der Waals surface area (Å²) in [6.07, 6.45) is 6.85. The summed E-state index contributed by atoms with van der Waals surface area (Å²) in [6.45, 7) is 5.92. The zero-order valence-electron chi connectivity index (χ0n) is 29.4. The van der Waals surface area contributed by atoms with Crippen LogP contribution in [0.1, 0.15) is 74.6 Å². The Bertz CT molecular complexity index is 1870. The number of fused-ring (bicyclic) bond motifs is 3. The third kappa shape index (κ3) is 6.53. The van der Waals surface area contributed by atoms with Gasteiger partial charge in [-0.1, -0.05) is 131 Å². The molecule has 0 saturated carbocycles. The van der Waals surface area contributed by atoms with Gasteiger partial charge in [-0.2, -0.15) is 0 Å². The maximum atomic E-state index is 6.20. The lowest BCUT2D eigenvalue weighted by molar-refractivity contribution is 0.306. The molecular weight excluding hydrogens is 611 g/mol. The van der Waals surface area contributed by atoms with Crippen LogP contribution in [0.15, 0.2) is 152 Å². The van der Waals surface area contributed by atoms with Gasteiger partial charge in [0.25, 0.3) is 0 Å². The van der Waals surface area contributed by atoms with Crippen molar-refractivity contribution >= 4 is 17.1 Å². The van der Waals surface area contributed by atoms with Crippen LogP contribution in [0.4, 0.5) is 17.1 Å². The molecule has 0 fully saturated rings. The fourth-order valence-corrected chi connectivity index (χ4v) is 7.48. The average molecular weight is 658 g/mol. The molecular formula is C47H47NO2. The highest BCUT2D eigenvalue weighted by Crippen LogP contribution is 2.57. The molecule has 1 aliphatic carbocycles. The molecule has 0 aliphatic heterocycles. The average Bonchev–Trinajstić information content (AvgIpc) is 3.47. The van der Waals surface area contributed by atoms with Gasteiger partial charge < -0.3 is 14.4 Å². The summed E-state index contributed by atoms with van der Waals surface area (Å²) in [4.78, 5) is 2.36. The Labute approximate surface area is 298 Å². The standard InChI is InChI=1S/C47H47NO2/c1-3-5-15-33-49-41-28-23-36(24-29-41)47(37-25-30-42(31-26-37)50-34-16-6-4-2)45-22-14-13-21-43(45)44-32-27-40(35-46(44)47)48(38-17-9-7-10-18-38)39-19-11-8-12-20-39/h7-14,17-32,35H,3-6,15-16,33-34H2,1-2H3. The van der Waals surface area contributed by atoms with Gasteiger partial charge in [-0.15, -0.1) is 0 Å². The predicted octanol–water partition coefficient (Wildman–Crippen LogP) is 12.7. The number of rotatable bonds is 15. The molecule has 0 N–H and O–H groups in total. The molecule has 252 valence electrons. The minimum absolute atomic E-state index is 0.553. The number of ether oxygens (including phenoxy) is 2. The van der Waals surface area contributed by atoms with E-state index in [1.165, 1.54) is 59.1 Å². The van der Waals surface area contributed by atoms with Gasteiger partial charge >= 0.3 is 0 Å². The number of unbranched alkanes of at least 4 members (excludes halogenated alkanes) is 4. The second kappa shape index (κ2) is 15.5. The number of benzene rings is 6. The largest absolute Gasteiger partial charge is 0.494 e. The lowest BCUT2D eigenvalue weighted by Gasteiger charge is -2.35. The Morgan fingerprint density at radius 3 is 1.44 bits per heavy atom. The first-order chi connectivity index (χ1) is 24.7. The molecule has 0 radical (unpaired) electrons. The van der Waals surface area contributed by atoms with E-state index in [0.29, 0.717) is 0 Å². The Morgan fingerprint density at radius 1 is 0.440 bits per heavy atom. The second-order valence-corrected chi connectivity index (χ2v) is 13.2. The first-order valence-electron chi connectivity index (χ1n) is 18.4. The van der Waals surface area contributed by atoms with Crippen LogP contribution in [-0.4, -0.2) is 13.2 Å². The quantitative estimate of drug-likeness (QED) is 0.102. The van der Waals surface area contributed by atoms with Crippen LogP contribution in [0.25, 0.3) is 11.1 Å². The number of nitrogens with zero attached hydrogens (tertiary/aromatic N) is 1. The molecule has 0 heterocycles. The Kier molecular flexibility index (Phi) is 10.3. The van der Waals surface area contributed by atoms with Gasteiger partial charge in [-0.3, -0.25) is 0 Å². The van der Waals surface area contributed by atoms with Crippen LogP contribution in [0.5, 0.6) is 11.5 Å². The zero-order chi connectivity index (χ0) is 34.2. The van der Waals surface area contributed by atoms with E-state index < -0.39 is 5.41 Å². The summed E-state index contributed by atoms with van der Waals surface area (Å²) in [5.74, 6) is 1.82. The van der Waals surface area contributed by atoms with Crippen molar-refractivity contribution in [3.8, 4) is 22.6 Å². The summed E-state index contributed by atoms with van der Waals surface area (Å²) in [5, 5.41) is 0. The van der Waals surface area contributed by atoms with Crippen molar-refractivity contribution < 1.29 is 9.47 Å². The summed E-state index contributed by atoms with van der Waals surface area (Å²) >= 11 is 0. The maximum absolute atomic E-state index is 6.20. The van der Waals surface area contributed by atoms with Crippen molar-refractivity contribution in [2.45, 2.75) is 57.8 Å². The predicted molar refractivity (Wildman–Crippen MR) is 208 cm³/mol. The Hall–Kier alpha value is -5.28. The first kappa shape index (κ1) is 33.2. The van der Waals surface area contributed by atoms with Crippen LogP contribution in [0.3, 0.4) is 0 Å². The van der Waals surface area contributed by atoms with E-state index in [4.69, 9.17) is 9.47 Å². The van der Waals surface area contributed by atoms with E-state index >= 15 is 0 Å². The van der Waals surface area contributed by atoms with Gasteiger partial charge in [0.1, 0.15) is 11.5 Å². The molecule has 6 aromatic rings. The summed E-state index contributed by atoms with van der Waals surface area (Å²) in [5.41, 5.74) is 10.3. The highest BCUT2D eigenvalue weighted by Gasteiger charge is 2.46. The number of hydrogen-bond donors (Lipinski definition) is 0. The van der Waals surface area contributed by atoms with Crippen molar-refractivity contribution in [3.05, 3.63) is 174 Å². The SMILES string of the molecule is CCCCCOc1ccc(C2(c3ccc(OCCCCC)cc3)c3ccccc3-c3ccc(N(c4ccccc4)c4ccccc4)cc32)cc1. The lowest BCUT2D eigenvalue weighted by atomic mass is 9.67. The lowest BCUT2D eigenvalue weighted by Crippen LogP contribution is -2.28. The normalized spacial score (nSPS) is 12.6. The summed E-state index contributed by atoms with van der Waals surface area (Å²) in [7, 11) is 0. The summed E-state index contributed by atoms with van der Waals surface area (Å²) in [6, 6.07) is 54.9. The van der Waals surface area contributed by atoms with Crippen LogP contribution in [0, 0.1) is 0 Å². The molecule has 0 atom stereocenters. The van der Waals surface area contributed by atoms with Crippen LogP contribution >= 0.6 is 0 Å². The molecule has 3 heteroatoms. The van der Waals surface area contributed by atoms with Crippen LogP contribution in [0.2, 0.25) is 0 Å². The maximum Gasteiger partial charge on any atom is 0.119 e. The monoisotopic (exact) mass is 657 g/mol. The van der Waals surface area contributed by atoms with Crippen molar-refractivity contribution in [2.24, 2.45) is 0 Å². The van der Waals surface area contributed by atoms with E-state index in [1.807, 2.05) is 0 Å². The number of para-hydroxylation sites is 2. The van der Waals surface area contributed by atoms with E-state index in [9.17, 15) is 0 Å². The molecule has 0 aromatic heterocycles. The molecule has 0 amide bonds. The Balaban J connectivity index is 1.40. The molecule has 0 spiro atoms. The van der Waals surface area contributed by atoms with Crippen molar-refractivity contribution in [2.75, 3.05) is 18.1 Å². The van der Waals surface area contributed by atoms with Gasteiger partial charge in [0.2, 0.25) is 0 Å². The van der Waals surface area contributed by atoms with Crippen molar-refractivity contribution in [1.29, 1.82) is 0 Å². The molecule has 7 rings (SSSR count). The number of anilines is 3.